The third-order valence-corrected chi connectivity index (χ3v) is 6.32. The molecule has 3 aromatic rings. The topological polar surface area (TPSA) is 58.4 Å². The number of amides is 1. The molecule has 0 saturated heterocycles. The zero-order valence-electron chi connectivity index (χ0n) is 17.8. The van der Waals surface area contributed by atoms with Crippen LogP contribution in [-0.2, 0) is 17.9 Å². The van der Waals surface area contributed by atoms with E-state index in [0.717, 1.165) is 33.5 Å². The quantitative estimate of drug-likeness (QED) is 0.489. The standard InChI is InChI=1S/C23H21Cl2FN4O2/c1-13-16(14(2)30(27-13)10-15-6-4-5-7-17(15)24)11-28(3)12-29-21-19(26)9-8-18(25)20(21)22(31)23(29)32/h4-9H,10-12H2,1-3H3. The number of ketones is 1. The summed E-state index contributed by atoms with van der Waals surface area (Å²) in [5, 5.41) is 5.38. The van der Waals surface area contributed by atoms with E-state index in [9.17, 15) is 14.0 Å². The summed E-state index contributed by atoms with van der Waals surface area (Å²) in [6.45, 7) is 4.91. The highest BCUT2D eigenvalue weighted by molar-refractivity contribution is 6.55. The molecule has 0 aliphatic carbocycles. The zero-order chi connectivity index (χ0) is 23.2. The molecule has 0 bridgehead atoms. The van der Waals surface area contributed by atoms with Crippen LogP contribution in [0.15, 0.2) is 36.4 Å². The summed E-state index contributed by atoms with van der Waals surface area (Å²) in [6, 6.07) is 10.1. The normalized spacial score (nSPS) is 13.4. The van der Waals surface area contributed by atoms with Crippen molar-refractivity contribution in [1.82, 2.24) is 14.7 Å². The number of carbonyl (C=O) groups is 2. The number of benzene rings is 2. The van der Waals surface area contributed by atoms with Gasteiger partial charge in [-0.25, -0.2) is 4.39 Å². The highest BCUT2D eigenvalue weighted by Gasteiger charge is 2.40. The van der Waals surface area contributed by atoms with E-state index >= 15 is 0 Å². The fourth-order valence-electron chi connectivity index (χ4n) is 3.95. The molecule has 4 rings (SSSR count). The minimum absolute atomic E-state index is 0.0312. The molecule has 32 heavy (non-hydrogen) atoms. The van der Waals surface area contributed by atoms with Crippen molar-refractivity contribution in [3.8, 4) is 0 Å². The monoisotopic (exact) mass is 474 g/mol. The van der Waals surface area contributed by atoms with Crippen LogP contribution in [0.5, 0.6) is 0 Å². The molecule has 1 aliphatic rings. The number of halogens is 3. The molecule has 9 heteroatoms. The van der Waals surface area contributed by atoms with Crippen LogP contribution in [0.3, 0.4) is 0 Å². The molecular formula is C23H21Cl2FN4O2. The van der Waals surface area contributed by atoms with Gasteiger partial charge in [-0.1, -0.05) is 41.4 Å². The first-order chi connectivity index (χ1) is 15.2. The van der Waals surface area contributed by atoms with Gasteiger partial charge in [0, 0.05) is 22.8 Å². The maximum Gasteiger partial charge on any atom is 0.300 e. The van der Waals surface area contributed by atoms with Crippen LogP contribution in [-0.4, -0.2) is 40.1 Å². The molecule has 0 radical (unpaired) electrons. The van der Waals surface area contributed by atoms with E-state index in [4.69, 9.17) is 23.2 Å². The second kappa shape index (κ2) is 8.65. The van der Waals surface area contributed by atoms with Crippen LogP contribution in [0.2, 0.25) is 10.0 Å². The summed E-state index contributed by atoms with van der Waals surface area (Å²) >= 11 is 12.3. The number of nitrogens with zero attached hydrogens (tertiary/aromatic N) is 4. The predicted molar refractivity (Wildman–Crippen MR) is 122 cm³/mol. The van der Waals surface area contributed by atoms with Gasteiger partial charge in [0.1, 0.15) is 5.82 Å². The van der Waals surface area contributed by atoms with Crippen molar-refractivity contribution in [2.24, 2.45) is 0 Å². The van der Waals surface area contributed by atoms with Gasteiger partial charge in [-0.15, -0.1) is 0 Å². The maximum absolute atomic E-state index is 14.5. The SMILES string of the molecule is Cc1nn(Cc2ccccc2Cl)c(C)c1CN(C)CN1C(=O)C(=O)c2c(Cl)ccc(F)c21. The van der Waals surface area contributed by atoms with Gasteiger partial charge in [-0.2, -0.15) is 5.10 Å². The number of anilines is 1. The first-order valence-corrected chi connectivity index (χ1v) is 10.7. The Balaban J connectivity index is 1.55. The number of Topliss-reactive ketones (excluding diaryl/α,β-unsaturated/α-hetero) is 1. The zero-order valence-corrected chi connectivity index (χ0v) is 19.3. The summed E-state index contributed by atoms with van der Waals surface area (Å²) in [4.78, 5) is 27.8. The van der Waals surface area contributed by atoms with Crippen LogP contribution in [0, 0.1) is 19.7 Å². The smallest absolute Gasteiger partial charge is 0.288 e. The van der Waals surface area contributed by atoms with Gasteiger partial charge in [-0.05, 0) is 44.7 Å². The van der Waals surface area contributed by atoms with Crippen LogP contribution in [0.25, 0.3) is 0 Å². The Labute approximate surface area is 195 Å². The Hall–Kier alpha value is -2.74. The Kier molecular flexibility index (Phi) is 6.07. The Morgan fingerprint density at radius 1 is 1.06 bits per heavy atom. The molecule has 0 unspecified atom stereocenters. The molecular weight excluding hydrogens is 454 g/mol. The molecule has 1 aliphatic heterocycles. The lowest BCUT2D eigenvalue weighted by molar-refractivity contribution is -0.114. The average molecular weight is 475 g/mol. The molecule has 0 N–H and O–H groups in total. The Bertz CT molecular complexity index is 1240. The molecule has 1 aromatic heterocycles. The Morgan fingerprint density at radius 3 is 2.50 bits per heavy atom. The van der Waals surface area contributed by atoms with E-state index in [1.54, 1.807) is 7.05 Å². The number of hydrogen-bond acceptors (Lipinski definition) is 4. The molecule has 0 spiro atoms. The number of carbonyl (C=O) groups excluding carboxylic acids is 2. The average Bonchev–Trinajstić information content (AvgIpc) is 3.16. The van der Waals surface area contributed by atoms with Gasteiger partial charge < -0.3 is 0 Å². The Morgan fingerprint density at radius 2 is 1.78 bits per heavy atom. The second-order valence-corrected chi connectivity index (χ2v) is 8.68. The molecule has 0 saturated carbocycles. The minimum atomic E-state index is -0.794. The summed E-state index contributed by atoms with van der Waals surface area (Å²) < 4.78 is 16.4. The summed E-state index contributed by atoms with van der Waals surface area (Å²) in [7, 11) is 1.79. The van der Waals surface area contributed by atoms with Gasteiger partial charge >= 0.3 is 5.91 Å². The fourth-order valence-corrected chi connectivity index (χ4v) is 4.39. The number of aromatic nitrogens is 2. The van der Waals surface area contributed by atoms with Crippen molar-refractivity contribution in [1.29, 1.82) is 0 Å². The summed E-state index contributed by atoms with van der Waals surface area (Å²) in [6.07, 6.45) is 0. The lowest BCUT2D eigenvalue weighted by Gasteiger charge is -2.24. The fraction of sp³-hybridized carbons (Fsp3) is 0.261. The third kappa shape index (κ3) is 3.92. The lowest BCUT2D eigenvalue weighted by atomic mass is 10.1. The lowest BCUT2D eigenvalue weighted by Crippen LogP contribution is -2.39. The van der Waals surface area contributed by atoms with E-state index in [1.807, 2.05) is 47.7 Å². The van der Waals surface area contributed by atoms with Crippen LogP contribution < -0.4 is 4.90 Å². The van der Waals surface area contributed by atoms with Gasteiger partial charge in [-0.3, -0.25) is 24.1 Å². The summed E-state index contributed by atoms with van der Waals surface area (Å²) in [5.74, 6) is -2.24. The van der Waals surface area contributed by atoms with Crippen molar-refractivity contribution < 1.29 is 14.0 Å². The van der Waals surface area contributed by atoms with Gasteiger partial charge in [0.05, 0.1) is 35.2 Å². The molecule has 1 amide bonds. The molecule has 0 atom stereocenters. The number of hydrogen-bond donors (Lipinski definition) is 0. The minimum Gasteiger partial charge on any atom is -0.288 e. The molecule has 2 heterocycles. The third-order valence-electron chi connectivity index (χ3n) is 5.63. The van der Waals surface area contributed by atoms with Gasteiger partial charge in [0.2, 0.25) is 0 Å². The van der Waals surface area contributed by atoms with E-state index < -0.39 is 17.5 Å². The van der Waals surface area contributed by atoms with Crippen LogP contribution >= 0.6 is 23.2 Å². The van der Waals surface area contributed by atoms with Crippen molar-refractivity contribution >= 4 is 40.6 Å². The van der Waals surface area contributed by atoms with Crippen molar-refractivity contribution in [2.75, 3.05) is 18.6 Å². The molecule has 0 fully saturated rings. The number of rotatable bonds is 6. The van der Waals surface area contributed by atoms with Gasteiger partial charge in [0.25, 0.3) is 5.78 Å². The van der Waals surface area contributed by atoms with Crippen LogP contribution in [0.4, 0.5) is 10.1 Å². The first kappa shape index (κ1) is 22.5. The molecule has 2 aromatic carbocycles. The van der Waals surface area contributed by atoms with E-state index in [-0.39, 0.29) is 22.9 Å². The molecule has 6 nitrogen and oxygen atoms in total. The summed E-state index contributed by atoms with van der Waals surface area (Å²) in [5.41, 5.74) is 3.62. The highest BCUT2D eigenvalue weighted by Crippen LogP contribution is 2.36. The van der Waals surface area contributed by atoms with E-state index in [2.05, 4.69) is 5.10 Å². The maximum atomic E-state index is 14.5. The van der Waals surface area contributed by atoms with E-state index in [1.165, 1.54) is 6.07 Å². The van der Waals surface area contributed by atoms with Crippen LogP contribution in [0.1, 0.15) is 32.9 Å². The van der Waals surface area contributed by atoms with Gasteiger partial charge in [0.15, 0.2) is 0 Å². The first-order valence-electron chi connectivity index (χ1n) is 9.98. The largest absolute Gasteiger partial charge is 0.300 e. The van der Waals surface area contributed by atoms with Crippen molar-refractivity contribution in [3.05, 3.63) is 80.3 Å². The number of aryl methyl sites for hydroxylation is 1. The van der Waals surface area contributed by atoms with Crippen molar-refractivity contribution in [3.63, 3.8) is 0 Å². The number of fused-ring (bicyclic) bond motifs is 1. The second-order valence-electron chi connectivity index (χ2n) is 7.87. The van der Waals surface area contributed by atoms with Crippen molar-refractivity contribution in [2.45, 2.75) is 26.9 Å². The molecule has 166 valence electrons. The highest BCUT2D eigenvalue weighted by atomic mass is 35.5. The van der Waals surface area contributed by atoms with E-state index in [0.29, 0.717) is 18.1 Å². The predicted octanol–water partition coefficient (Wildman–Crippen LogP) is 4.61.